The summed E-state index contributed by atoms with van der Waals surface area (Å²) in [5.74, 6) is 4.54. The lowest BCUT2D eigenvalue weighted by Gasteiger charge is -2.25. The number of nitrogens with two attached hydrogens (primary N) is 2. The summed E-state index contributed by atoms with van der Waals surface area (Å²) in [6.07, 6.45) is 0. The molecule has 2 rings (SSSR count). The zero-order valence-electron chi connectivity index (χ0n) is 7.73. The maximum Gasteiger partial charge on any atom is 0.223 e. The van der Waals surface area contributed by atoms with Gasteiger partial charge in [-0.05, 0) is 17.4 Å². The van der Waals surface area contributed by atoms with Gasteiger partial charge in [0, 0.05) is 12.6 Å². The molecule has 5 N–H and O–H groups in total. The van der Waals surface area contributed by atoms with E-state index in [9.17, 15) is 0 Å². The summed E-state index contributed by atoms with van der Waals surface area (Å²) in [7, 11) is 0. The third-order valence-electron chi connectivity index (χ3n) is 2.04. The van der Waals surface area contributed by atoms with Crippen molar-refractivity contribution < 1.29 is 0 Å². The summed E-state index contributed by atoms with van der Waals surface area (Å²) in [4.78, 5) is 7.83. The minimum Gasteiger partial charge on any atom is -0.383 e. The van der Waals surface area contributed by atoms with E-state index in [-0.39, 0.29) is 5.95 Å². The lowest BCUT2D eigenvalue weighted by molar-refractivity contribution is 0.676. The molecule has 1 aromatic rings. The van der Waals surface area contributed by atoms with Gasteiger partial charge in [-0.3, -0.25) is 0 Å². The average Bonchev–Trinajstić information content (AvgIpc) is 1.99. The number of aromatic nitrogens is 2. The van der Waals surface area contributed by atoms with Crippen LogP contribution in [0.15, 0.2) is 6.07 Å². The Morgan fingerprint density at radius 3 is 2.79 bits per heavy atom. The van der Waals surface area contributed by atoms with Crippen LogP contribution in [0.5, 0.6) is 0 Å². The fourth-order valence-electron chi connectivity index (χ4n) is 1.23. The number of thioether (sulfide) groups is 1. The van der Waals surface area contributed by atoms with E-state index in [1.54, 1.807) is 6.07 Å². The van der Waals surface area contributed by atoms with Crippen LogP contribution in [0.1, 0.15) is 0 Å². The van der Waals surface area contributed by atoms with Crippen molar-refractivity contribution in [2.24, 2.45) is 5.92 Å². The Kier molecular flexibility index (Phi) is 2.62. The molecular formula is C8H13N5S. The summed E-state index contributed by atoms with van der Waals surface area (Å²) >= 11 is 1.96. The predicted molar refractivity (Wildman–Crippen MR) is 60.2 cm³/mol. The lowest BCUT2D eigenvalue weighted by Crippen LogP contribution is -2.26. The Morgan fingerprint density at radius 1 is 1.43 bits per heavy atom. The van der Waals surface area contributed by atoms with Crippen LogP contribution in [0.4, 0.5) is 17.6 Å². The number of nitrogen functional groups attached to an aromatic ring is 2. The third-order valence-corrected chi connectivity index (χ3v) is 3.46. The van der Waals surface area contributed by atoms with E-state index in [0.717, 1.165) is 12.5 Å². The van der Waals surface area contributed by atoms with Crippen LogP contribution in [-0.2, 0) is 0 Å². The van der Waals surface area contributed by atoms with Gasteiger partial charge in [-0.1, -0.05) is 0 Å². The summed E-state index contributed by atoms with van der Waals surface area (Å²) in [5.41, 5.74) is 11.0. The van der Waals surface area contributed by atoms with Crippen molar-refractivity contribution in [1.82, 2.24) is 9.97 Å². The Hall–Kier alpha value is -1.17. The molecule has 76 valence electrons. The Morgan fingerprint density at radius 2 is 2.21 bits per heavy atom. The van der Waals surface area contributed by atoms with Crippen LogP contribution < -0.4 is 16.8 Å². The molecule has 0 amide bonds. The van der Waals surface area contributed by atoms with Crippen molar-refractivity contribution in [1.29, 1.82) is 0 Å². The summed E-state index contributed by atoms with van der Waals surface area (Å²) in [6.45, 7) is 0.933. The fraction of sp³-hybridized carbons (Fsp3) is 0.500. The van der Waals surface area contributed by atoms with Crippen molar-refractivity contribution >= 4 is 29.3 Å². The van der Waals surface area contributed by atoms with Crippen LogP contribution in [0.2, 0.25) is 0 Å². The topological polar surface area (TPSA) is 89.8 Å². The molecule has 6 heteroatoms. The molecule has 1 aromatic heterocycles. The molecule has 2 heterocycles. The second kappa shape index (κ2) is 3.91. The van der Waals surface area contributed by atoms with Gasteiger partial charge in [-0.2, -0.15) is 21.7 Å². The standard InChI is InChI=1S/C8H13N5S/c9-6-1-7(13-8(10)12-6)11-2-5-3-14-4-5/h1,5H,2-4H2,(H5,9,10,11,12,13). The van der Waals surface area contributed by atoms with Crippen LogP contribution in [-0.4, -0.2) is 28.0 Å². The first-order valence-electron chi connectivity index (χ1n) is 4.45. The molecule has 0 saturated carbocycles. The van der Waals surface area contributed by atoms with E-state index >= 15 is 0 Å². The first-order chi connectivity index (χ1) is 6.74. The van der Waals surface area contributed by atoms with Crippen molar-refractivity contribution in [3.8, 4) is 0 Å². The van der Waals surface area contributed by atoms with E-state index in [4.69, 9.17) is 11.5 Å². The molecule has 0 aromatic carbocycles. The largest absolute Gasteiger partial charge is 0.383 e. The molecule has 0 bridgehead atoms. The van der Waals surface area contributed by atoms with Gasteiger partial charge in [0.05, 0.1) is 0 Å². The van der Waals surface area contributed by atoms with Gasteiger partial charge in [0.15, 0.2) is 0 Å². The van der Waals surface area contributed by atoms with Crippen molar-refractivity contribution in [2.75, 3.05) is 34.8 Å². The third kappa shape index (κ3) is 2.20. The molecule has 1 fully saturated rings. The normalized spacial score (nSPS) is 16.3. The number of anilines is 3. The van der Waals surface area contributed by atoms with Gasteiger partial charge in [0.2, 0.25) is 5.95 Å². The Bertz CT molecular complexity index is 305. The average molecular weight is 211 g/mol. The number of nitrogens with zero attached hydrogens (tertiary/aromatic N) is 2. The lowest BCUT2D eigenvalue weighted by atomic mass is 10.2. The first-order valence-corrected chi connectivity index (χ1v) is 5.61. The van der Waals surface area contributed by atoms with E-state index in [1.165, 1.54) is 11.5 Å². The molecule has 0 atom stereocenters. The van der Waals surface area contributed by atoms with Crippen LogP contribution >= 0.6 is 11.8 Å². The van der Waals surface area contributed by atoms with Gasteiger partial charge in [-0.15, -0.1) is 0 Å². The molecule has 0 spiro atoms. The molecule has 1 aliphatic heterocycles. The molecule has 0 unspecified atom stereocenters. The Labute approximate surface area is 86.7 Å². The molecular weight excluding hydrogens is 198 g/mol. The fourth-order valence-corrected chi connectivity index (χ4v) is 2.03. The number of nitrogens with one attached hydrogen (secondary N) is 1. The molecule has 0 radical (unpaired) electrons. The van der Waals surface area contributed by atoms with Crippen LogP contribution in [0.3, 0.4) is 0 Å². The zero-order chi connectivity index (χ0) is 9.97. The van der Waals surface area contributed by atoms with E-state index in [0.29, 0.717) is 11.6 Å². The van der Waals surface area contributed by atoms with Crippen molar-refractivity contribution in [3.05, 3.63) is 6.07 Å². The second-order valence-corrected chi connectivity index (χ2v) is 4.40. The summed E-state index contributed by atoms with van der Waals surface area (Å²) in [5, 5.41) is 3.20. The Balaban J connectivity index is 1.94. The van der Waals surface area contributed by atoms with Gasteiger partial charge in [0.25, 0.3) is 0 Å². The minimum atomic E-state index is 0.218. The highest BCUT2D eigenvalue weighted by atomic mass is 32.2. The maximum absolute atomic E-state index is 5.54. The maximum atomic E-state index is 5.54. The molecule has 1 aliphatic rings. The first kappa shape index (κ1) is 9.39. The van der Waals surface area contributed by atoms with Gasteiger partial charge in [-0.25, -0.2) is 0 Å². The SMILES string of the molecule is Nc1cc(NCC2CSC2)nc(N)n1. The number of hydrogen-bond acceptors (Lipinski definition) is 6. The van der Waals surface area contributed by atoms with Gasteiger partial charge in [0.1, 0.15) is 11.6 Å². The summed E-state index contributed by atoms with van der Waals surface area (Å²) in [6, 6.07) is 1.70. The van der Waals surface area contributed by atoms with Gasteiger partial charge < -0.3 is 16.8 Å². The molecule has 1 saturated heterocycles. The zero-order valence-corrected chi connectivity index (χ0v) is 8.55. The molecule has 0 aliphatic carbocycles. The van der Waals surface area contributed by atoms with Crippen molar-refractivity contribution in [3.63, 3.8) is 0 Å². The highest BCUT2D eigenvalue weighted by Crippen LogP contribution is 2.24. The number of rotatable bonds is 3. The highest BCUT2D eigenvalue weighted by Gasteiger charge is 2.17. The van der Waals surface area contributed by atoms with Crippen LogP contribution in [0.25, 0.3) is 0 Å². The second-order valence-electron chi connectivity index (χ2n) is 3.32. The predicted octanol–water partition coefficient (Wildman–Crippen LogP) is 0.416. The smallest absolute Gasteiger partial charge is 0.223 e. The summed E-state index contributed by atoms with van der Waals surface area (Å²) < 4.78 is 0. The van der Waals surface area contributed by atoms with Gasteiger partial charge >= 0.3 is 0 Å². The van der Waals surface area contributed by atoms with E-state index in [2.05, 4.69) is 15.3 Å². The molecule has 14 heavy (non-hydrogen) atoms. The van der Waals surface area contributed by atoms with Crippen molar-refractivity contribution in [2.45, 2.75) is 0 Å². The molecule has 5 nitrogen and oxygen atoms in total. The van der Waals surface area contributed by atoms with E-state index < -0.39 is 0 Å². The van der Waals surface area contributed by atoms with E-state index in [1.807, 2.05) is 11.8 Å². The quantitative estimate of drug-likeness (QED) is 0.671. The number of hydrogen-bond donors (Lipinski definition) is 3. The monoisotopic (exact) mass is 211 g/mol. The highest BCUT2D eigenvalue weighted by molar-refractivity contribution is 8.00. The minimum absolute atomic E-state index is 0.218. The van der Waals surface area contributed by atoms with Crippen LogP contribution in [0, 0.1) is 5.92 Å².